The summed E-state index contributed by atoms with van der Waals surface area (Å²) in [6.45, 7) is 0. The Morgan fingerprint density at radius 3 is 2.25 bits per heavy atom. The van der Waals surface area contributed by atoms with Crippen LogP contribution in [0.25, 0.3) is 0 Å². The van der Waals surface area contributed by atoms with Crippen LogP contribution in [0.3, 0.4) is 0 Å². The van der Waals surface area contributed by atoms with E-state index < -0.39 is 34.4 Å². The van der Waals surface area contributed by atoms with E-state index in [1.165, 1.54) is 0 Å². The van der Waals surface area contributed by atoms with E-state index in [4.69, 9.17) is 0 Å². The Morgan fingerprint density at radius 2 is 1.75 bits per heavy atom. The summed E-state index contributed by atoms with van der Waals surface area (Å²) in [6, 6.07) is 3.03. The summed E-state index contributed by atoms with van der Waals surface area (Å²) in [5, 5.41) is 19.3. The zero-order valence-corrected chi connectivity index (χ0v) is 10.7. The van der Waals surface area contributed by atoms with Crippen molar-refractivity contribution in [3.63, 3.8) is 0 Å². The van der Waals surface area contributed by atoms with Crippen LogP contribution in [0.15, 0.2) is 18.2 Å². The molecule has 0 atom stereocenters. The lowest BCUT2D eigenvalue weighted by atomic mass is 9.67. The molecular formula is C14H15F3O3. The van der Waals surface area contributed by atoms with Crippen LogP contribution >= 0.6 is 0 Å². The van der Waals surface area contributed by atoms with Gasteiger partial charge in [0.05, 0.1) is 11.0 Å². The fourth-order valence-corrected chi connectivity index (χ4v) is 3.01. The number of benzene rings is 1. The van der Waals surface area contributed by atoms with Crippen LogP contribution in [0.2, 0.25) is 0 Å². The summed E-state index contributed by atoms with van der Waals surface area (Å²) in [7, 11) is 0. The average Bonchev–Trinajstić information content (AvgIpc) is 2.38. The van der Waals surface area contributed by atoms with Gasteiger partial charge in [0, 0.05) is 5.56 Å². The van der Waals surface area contributed by atoms with Crippen molar-refractivity contribution in [2.24, 2.45) is 0 Å². The number of hydrogen-bond donors (Lipinski definition) is 2. The molecule has 0 saturated heterocycles. The van der Waals surface area contributed by atoms with E-state index in [-0.39, 0.29) is 12.8 Å². The van der Waals surface area contributed by atoms with Crippen LogP contribution in [0.5, 0.6) is 5.75 Å². The lowest BCUT2D eigenvalue weighted by molar-refractivity contribution is -0.147. The molecule has 0 amide bonds. The average molecular weight is 288 g/mol. The number of alkyl halides is 3. The highest BCUT2D eigenvalue weighted by molar-refractivity contribution is 5.83. The maximum Gasteiger partial charge on any atom is 0.416 e. The monoisotopic (exact) mass is 288 g/mol. The maximum absolute atomic E-state index is 13.1. The highest BCUT2D eigenvalue weighted by Crippen LogP contribution is 2.48. The van der Waals surface area contributed by atoms with Gasteiger partial charge < -0.3 is 10.2 Å². The summed E-state index contributed by atoms with van der Waals surface area (Å²) >= 11 is 0. The predicted molar refractivity (Wildman–Crippen MR) is 65.5 cm³/mol. The topological polar surface area (TPSA) is 57.5 Å². The van der Waals surface area contributed by atoms with E-state index in [2.05, 4.69) is 0 Å². The van der Waals surface area contributed by atoms with E-state index in [1.54, 1.807) is 0 Å². The van der Waals surface area contributed by atoms with Crippen molar-refractivity contribution >= 4 is 5.97 Å². The third-order valence-corrected chi connectivity index (χ3v) is 3.94. The minimum Gasteiger partial charge on any atom is -0.508 e. The van der Waals surface area contributed by atoms with Crippen molar-refractivity contribution in [1.29, 1.82) is 0 Å². The second-order valence-electron chi connectivity index (χ2n) is 5.15. The highest BCUT2D eigenvalue weighted by atomic mass is 19.4. The van der Waals surface area contributed by atoms with E-state index >= 15 is 0 Å². The van der Waals surface area contributed by atoms with Crippen LogP contribution in [0, 0.1) is 0 Å². The number of phenols is 1. The van der Waals surface area contributed by atoms with Gasteiger partial charge in [-0.3, -0.25) is 4.79 Å². The molecule has 0 heterocycles. The molecule has 0 unspecified atom stereocenters. The van der Waals surface area contributed by atoms with Crippen molar-refractivity contribution in [3.8, 4) is 5.75 Å². The van der Waals surface area contributed by atoms with Crippen molar-refractivity contribution in [2.45, 2.75) is 43.7 Å². The van der Waals surface area contributed by atoms with Crippen molar-refractivity contribution in [1.82, 2.24) is 0 Å². The molecule has 2 rings (SSSR count). The molecule has 1 aromatic rings. The van der Waals surface area contributed by atoms with E-state index in [9.17, 15) is 28.2 Å². The molecule has 2 N–H and O–H groups in total. The third-order valence-electron chi connectivity index (χ3n) is 3.94. The minimum atomic E-state index is -4.69. The van der Waals surface area contributed by atoms with E-state index in [1.807, 2.05) is 0 Å². The van der Waals surface area contributed by atoms with Crippen LogP contribution in [0.1, 0.15) is 43.2 Å². The Bertz CT molecular complexity index is 517. The van der Waals surface area contributed by atoms with Gasteiger partial charge in [-0.05, 0) is 25.0 Å². The van der Waals surface area contributed by atoms with Gasteiger partial charge in [0.25, 0.3) is 0 Å². The number of carboxylic acids is 1. The number of carboxylic acid groups (broad SMARTS) is 1. The Morgan fingerprint density at radius 1 is 1.15 bits per heavy atom. The Hall–Kier alpha value is -1.72. The van der Waals surface area contributed by atoms with Crippen molar-refractivity contribution in [2.75, 3.05) is 0 Å². The lowest BCUT2D eigenvalue weighted by Gasteiger charge is -2.35. The zero-order chi connectivity index (χ0) is 15.0. The number of halogens is 3. The molecule has 0 bridgehead atoms. The summed E-state index contributed by atoms with van der Waals surface area (Å²) in [5.41, 5.74) is -3.18. The van der Waals surface area contributed by atoms with Gasteiger partial charge in [-0.15, -0.1) is 0 Å². The molecule has 1 aliphatic carbocycles. The molecule has 6 heteroatoms. The summed E-state index contributed by atoms with van der Waals surface area (Å²) in [5.74, 6) is -1.90. The van der Waals surface area contributed by atoms with Gasteiger partial charge in [-0.25, -0.2) is 0 Å². The third kappa shape index (κ3) is 2.34. The molecule has 3 nitrogen and oxygen atoms in total. The second-order valence-corrected chi connectivity index (χ2v) is 5.15. The maximum atomic E-state index is 13.1. The smallest absolute Gasteiger partial charge is 0.416 e. The summed E-state index contributed by atoms with van der Waals surface area (Å²) in [4.78, 5) is 11.6. The minimum absolute atomic E-state index is 0.114. The number of carbonyl (C=O) groups is 1. The van der Waals surface area contributed by atoms with Crippen LogP contribution in [-0.2, 0) is 16.4 Å². The van der Waals surface area contributed by atoms with Gasteiger partial charge >= 0.3 is 12.1 Å². The molecule has 1 saturated carbocycles. The first-order valence-electron chi connectivity index (χ1n) is 6.42. The first-order chi connectivity index (χ1) is 9.29. The van der Waals surface area contributed by atoms with E-state index in [0.717, 1.165) is 24.6 Å². The molecule has 0 spiro atoms. The molecule has 20 heavy (non-hydrogen) atoms. The Labute approximate surface area is 114 Å². The van der Waals surface area contributed by atoms with Gasteiger partial charge in [0.15, 0.2) is 0 Å². The zero-order valence-electron chi connectivity index (χ0n) is 10.7. The number of phenolic OH excluding ortho intramolecular Hbond substituents is 1. The van der Waals surface area contributed by atoms with Crippen LogP contribution < -0.4 is 0 Å². The molecule has 1 fully saturated rings. The number of aromatic hydroxyl groups is 1. The second kappa shape index (κ2) is 5.00. The first-order valence-corrected chi connectivity index (χ1v) is 6.42. The van der Waals surface area contributed by atoms with Gasteiger partial charge in [0.1, 0.15) is 5.75 Å². The lowest BCUT2D eigenvalue weighted by Crippen LogP contribution is -2.39. The number of hydrogen-bond acceptors (Lipinski definition) is 2. The molecule has 0 aliphatic heterocycles. The quantitative estimate of drug-likeness (QED) is 0.872. The van der Waals surface area contributed by atoms with Gasteiger partial charge in [-0.1, -0.05) is 25.3 Å². The first kappa shape index (κ1) is 14.7. The van der Waals surface area contributed by atoms with Crippen LogP contribution in [-0.4, -0.2) is 16.2 Å². The highest BCUT2D eigenvalue weighted by Gasteiger charge is 2.48. The number of aliphatic carboxylic acids is 1. The molecule has 0 aromatic heterocycles. The Kier molecular flexibility index (Phi) is 3.67. The van der Waals surface area contributed by atoms with Gasteiger partial charge in [0.2, 0.25) is 0 Å². The molecule has 1 aliphatic rings. The molecule has 110 valence electrons. The molecule has 1 aromatic carbocycles. The molecular weight excluding hydrogens is 273 g/mol. The van der Waals surface area contributed by atoms with Gasteiger partial charge in [-0.2, -0.15) is 13.2 Å². The summed E-state index contributed by atoms with van der Waals surface area (Å²) < 4.78 is 39.3. The normalized spacial score (nSPS) is 18.8. The van der Waals surface area contributed by atoms with Crippen LogP contribution in [0.4, 0.5) is 13.2 Å². The fraction of sp³-hybridized carbons (Fsp3) is 0.500. The molecule has 0 radical (unpaired) electrons. The van der Waals surface area contributed by atoms with E-state index in [0.29, 0.717) is 12.8 Å². The largest absolute Gasteiger partial charge is 0.508 e. The predicted octanol–water partition coefficient (Wildman–Crippen LogP) is 3.70. The fourth-order valence-electron chi connectivity index (χ4n) is 3.01. The van der Waals surface area contributed by atoms with Crippen molar-refractivity contribution in [3.05, 3.63) is 29.3 Å². The standard InChI is InChI=1S/C14H15F3O3/c15-14(16,17)9-5-4-6-10(18)11(9)13(12(19)20)7-2-1-3-8-13/h4-6,18H,1-3,7-8H2,(H,19,20). The van der Waals surface area contributed by atoms with Crippen molar-refractivity contribution < 1.29 is 28.2 Å². The number of rotatable bonds is 2. The Balaban J connectivity index is 2.68. The SMILES string of the molecule is O=C(O)C1(c2c(O)cccc2C(F)(F)F)CCCCC1. The summed E-state index contributed by atoms with van der Waals surface area (Å²) in [6.07, 6.45) is -2.58.